The topological polar surface area (TPSA) is 69.5 Å². The highest BCUT2D eigenvalue weighted by Gasteiger charge is 2.19. The molecule has 1 amide bonds. The highest BCUT2D eigenvalue weighted by molar-refractivity contribution is 7.99. The maximum atomic E-state index is 12.1. The molecular formula is C17H22N4O3S. The van der Waals surface area contributed by atoms with Crippen LogP contribution in [0.3, 0.4) is 0 Å². The van der Waals surface area contributed by atoms with Gasteiger partial charge < -0.3 is 18.9 Å². The van der Waals surface area contributed by atoms with Gasteiger partial charge in [-0.3, -0.25) is 4.79 Å². The number of carbonyl (C=O) groups excluding carboxylic acids is 1. The number of ether oxygens (including phenoxy) is 2. The van der Waals surface area contributed by atoms with Crippen molar-refractivity contribution in [1.29, 1.82) is 0 Å². The van der Waals surface area contributed by atoms with E-state index < -0.39 is 0 Å². The lowest BCUT2D eigenvalue weighted by Gasteiger charge is -2.14. The molecule has 2 heterocycles. The monoisotopic (exact) mass is 362 g/mol. The van der Waals surface area contributed by atoms with Gasteiger partial charge in [0.25, 0.3) is 0 Å². The largest absolute Gasteiger partial charge is 0.493 e. The highest BCUT2D eigenvalue weighted by Crippen LogP contribution is 2.26. The van der Waals surface area contributed by atoms with Gasteiger partial charge in [-0.2, -0.15) is 0 Å². The van der Waals surface area contributed by atoms with Crippen molar-refractivity contribution in [3.63, 3.8) is 0 Å². The smallest absolute Gasteiger partial charge is 0.233 e. The molecule has 7 nitrogen and oxygen atoms in total. The van der Waals surface area contributed by atoms with E-state index in [1.54, 1.807) is 7.11 Å². The molecule has 0 unspecified atom stereocenters. The first-order valence-electron chi connectivity index (χ1n) is 8.23. The van der Waals surface area contributed by atoms with Crippen LogP contribution in [0.5, 0.6) is 11.5 Å². The molecule has 0 bridgehead atoms. The number of rotatable bonds is 7. The Kier molecular flexibility index (Phi) is 5.80. The molecule has 0 saturated carbocycles. The lowest BCUT2D eigenvalue weighted by Crippen LogP contribution is -2.29. The molecule has 25 heavy (non-hydrogen) atoms. The van der Waals surface area contributed by atoms with E-state index in [4.69, 9.17) is 9.47 Å². The van der Waals surface area contributed by atoms with Crippen molar-refractivity contribution >= 4 is 17.7 Å². The van der Waals surface area contributed by atoms with E-state index in [0.717, 1.165) is 25.9 Å². The molecular weight excluding hydrogens is 340 g/mol. The molecule has 134 valence electrons. The molecule has 1 aromatic carbocycles. The van der Waals surface area contributed by atoms with Gasteiger partial charge in [0.1, 0.15) is 6.61 Å². The molecule has 1 aliphatic heterocycles. The first kappa shape index (κ1) is 17.6. The Morgan fingerprint density at radius 1 is 1.20 bits per heavy atom. The Labute approximate surface area is 151 Å². The summed E-state index contributed by atoms with van der Waals surface area (Å²) in [5.41, 5.74) is 0. The molecule has 8 heteroatoms. The summed E-state index contributed by atoms with van der Waals surface area (Å²) in [7, 11) is 3.49. The summed E-state index contributed by atoms with van der Waals surface area (Å²) < 4.78 is 12.9. The van der Waals surface area contributed by atoms with E-state index in [1.807, 2.05) is 40.8 Å². The van der Waals surface area contributed by atoms with Gasteiger partial charge in [0.2, 0.25) is 5.91 Å². The zero-order valence-electron chi connectivity index (χ0n) is 14.5. The van der Waals surface area contributed by atoms with Gasteiger partial charge in [0, 0.05) is 20.1 Å². The minimum atomic E-state index is 0.164. The summed E-state index contributed by atoms with van der Waals surface area (Å²) in [4.78, 5) is 14.0. The number of hydrogen-bond acceptors (Lipinski definition) is 6. The third-order valence-corrected chi connectivity index (χ3v) is 5.14. The van der Waals surface area contributed by atoms with Gasteiger partial charge >= 0.3 is 0 Å². The molecule has 2 aromatic rings. The van der Waals surface area contributed by atoms with Crippen LogP contribution in [0, 0.1) is 0 Å². The lowest BCUT2D eigenvalue weighted by molar-refractivity contribution is -0.127. The molecule has 1 aliphatic rings. The Hall–Kier alpha value is -2.22. The Balaban J connectivity index is 1.56. The van der Waals surface area contributed by atoms with E-state index in [1.165, 1.54) is 11.8 Å². The number of amides is 1. The normalized spacial score (nSPS) is 13.9. The van der Waals surface area contributed by atoms with Crippen LogP contribution in [0.4, 0.5) is 0 Å². The minimum Gasteiger partial charge on any atom is -0.493 e. The number of para-hydroxylation sites is 2. The van der Waals surface area contributed by atoms with Crippen LogP contribution in [0.15, 0.2) is 29.4 Å². The van der Waals surface area contributed by atoms with Crippen molar-refractivity contribution in [2.45, 2.75) is 24.6 Å². The number of thioether (sulfide) groups is 1. The summed E-state index contributed by atoms with van der Waals surface area (Å²) in [6.45, 7) is 2.02. The summed E-state index contributed by atoms with van der Waals surface area (Å²) in [6, 6.07) is 7.47. The van der Waals surface area contributed by atoms with Crippen LogP contribution in [-0.2, 0) is 18.4 Å². The van der Waals surface area contributed by atoms with Gasteiger partial charge in [-0.1, -0.05) is 23.9 Å². The quantitative estimate of drug-likeness (QED) is 0.703. The highest BCUT2D eigenvalue weighted by atomic mass is 32.2. The second kappa shape index (κ2) is 8.24. The Bertz CT molecular complexity index is 728. The van der Waals surface area contributed by atoms with Crippen molar-refractivity contribution in [2.75, 3.05) is 26.0 Å². The average molecular weight is 362 g/mol. The third kappa shape index (κ3) is 4.25. The van der Waals surface area contributed by atoms with Crippen molar-refractivity contribution in [3.05, 3.63) is 30.1 Å². The number of aromatic nitrogens is 3. The van der Waals surface area contributed by atoms with Crippen LogP contribution >= 0.6 is 11.8 Å². The van der Waals surface area contributed by atoms with Crippen LogP contribution in [-0.4, -0.2) is 51.5 Å². The SMILES string of the molecule is COc1ccccc1OCc1nnc(SCC(=O)N2CCCC2)n1C. The first-order valence-corrected chi connectivity index (χ1v) is 9.22. The number of methoxy groups -OCH3 is 1. The zero-order valence-corrected chi connectivity index (χ0v) is 15.3. The lowest BCUT2D eigenvalue weighted by atomic mass is 10.3. The van der Waals surface area contributed by atoms with Crippen molar-refractivity contribution in [3.8, 4) is 11.5 Å². The number of hydrogen-bond donors (Lipinski definition) is 0. The molecule has 3 rings (SSSR count). The fourth-order valence-electron chi connectivity index (χ4n) is 2.66. The number of carbonyl (C=O) groups is 1. The minimum absolute atomic E-state index is 0.164. The molecule has 1 aromatic heterocycles. The molecule has 0 spiro atoms. The molecule has 0 N–H and O–H groups in total. The first-order chi connectivity index (χ1) is 12.2. The van der Waals surface area contributed by atoms with E-state index >= 15 is 0 Å². The van der Waals surface area contributed by atoms with Gasteiger partial charge in [-0.25, -0.2) is 0 Å². The maximum Gasteiger partial charge on any atom is 0.233 e. The van der Waals surface area contributed by atoms with Gasteiger partial charge in [-0.15, -0.1) is 10.2 Å². The van der Waals surface area contributed by atoms with E-state index in [2.05, 4.69) is 10.2 Å². The average Bonchev–Trinajstić information content (AvgIpc) is 3.29. The van der Waals surface area contributed by atoms with Gasteiger partial charge in [0.05, 0.1) is 12.9 Å². The molecule has 0 aliphatic carbocycles. The summed E-state index contributed by atoms with van der Waals surface area (Å²) >= 11 is 1.41. The second-order valence-electron chi connectivity index (χ2n) is 5.77. The van der Waals surface area contributed by atoms with Crippen molar-refractivity contribution < 1.29 is 14.3 Å². The van der Waals surface area contributed by atoms with E-state index in [0.29, 0.717) is 28.2 Å². The Morgan fingerprint density at radius 2 is 1.92 bits per heavy atom. The van der Waals surface area contributed by atoms with Crippen molar-refractivity contribution in [2.24, 2.45) is 7.05 Å². The zero-order chi connectivity index (χ0) is 17.6. The number of likely N-dealkylation sites (tertiary alicyclic amines) is 1. The van der Waals surface area contributed by atoms with E-state index in [-0.39, 0.29) is 12.5 Å². The number of nitrogens with zero attached hydrogens (tertiary/aromatic N) is 4. The second-order valence-corrected chi connectivity index (χ2v) is 6.72. The van der Waals surface area contributed by atoms with Gasteiger partial charge in [0.15, 0.2) is 22.5 Å². The maximum absolute atomic E-state index is 12.1. The fraction of sp³-hybridized carbons (Fsp3) is 0.471. The van der Waals surface area contributed by atoms with Crippen LogP contribution in [0.2, 0.25) is 0 Å². The predicted octanol–water partition coefficient (Wildman–Crippen LogP) is 2.12. The van der Waals surface area contributed by atoms with E-state index in [9.17, 15) is 4.79 Å². The number of benzene rings is 1. The molecule has 1 saturated heterocycles. The van der Waals surface area contributed by atoms with Gasteiger partial charge in [-0.05, 0) is 25.0 Å². The van der Waals surface area contributed by atoms with Crippen LogP contribution < -0.4 is 9.47 Å². The molecule has 0 radical (unpaired) electrons. The standard InChI is InChI=1S/C17H22N4O3S/c1-20-15(11-24-14-8-4-3-7-13(14)23-2)18-19-17(20)25-12-16(22)21-9-5-6-10-21/h3-4,7-8H,5-6,9-12H2,1-2H3. The summed E-state index contributed by atoms with van der Waals surface area (Å²) in [5.74, 6) is 2.58. The summed E-state index contributed by atoms with van der Waals surface area (Å²) in [5, 5.41) is 9.04. The predicted molar refractivity (Wildman–Crippen MR) is 94.9 cm³/mol. The van der Waals surface area contributed by atoms with Crippen LogP contribution in [0.25, 0.3) is 0 Å². The van der Waals surface area contributed by atoms with Crippen LogP contribution in [0.1, 0.15) is 18.7 Å². The van der Waals surface area contributed by atoms with Crippen molar-refractivity contribution in [1.82, 2.24) is 19.7 Å². The third-order valence-electron chi connectivity index (χ3n) is 4.13. The fourth-order valence-corrected chi connectivity index (χ4v) is 3.49. The molecule has 1 fully saturated rings. The molecule has 0 atom stereocenters. The Morgan fingerprint density at radius 3 is 2.64 bits per heavy atom. The summed E-state index contributed by atoms with van der Waals surface area (Å²) in [6.07, 6.45) is 2.20.